The summed E-state index contributed by atoms with van der Waals surface area (Å²) in [5.74, 6) is -0.00708. The number of rotatable bonds is 6. The van der Waals surface area contributed by atoms with Gasteiger partial charge in [0.2, 0.25) is 6.41 Å². The Bertz CT molecular complexity index is 942. The molecule has 3 aromatic rings. The lowest BCUT2D eigenvalue weighted by atomic mass is 9.98. The zero-order valence-corrected chi connectivity index (χ0v) is 15.2. The summed E-state index contributed by atoms with van der Waals surface area (Å²) in [6, 6.07) is 25.6. The number of fused-ring (bicyclic) bond motifs is 3. The van der Waals surface area contributed by atoms with Crippen molar-refractivity contribution in [2.75, 3.05) is 6.61 Å². The number of nitrogens with one attached hydrogen (secondary N) is 2. The van der Waals surface area contributed by atoms with Crippen LogP contribution in [0.5, 0.6) is 0 Å². The minimum atomic E-state index is -0.644. The van der Waals surface area contributed by atoms with Crippen LogP contribution in [0.3, 0.4) is 0 Å². The zero-order chi connectivity index (χ0) is 19.3. The van der Waals surface area contributed by atoms with E-state index in [1.54, 1.807) is 0 Å². The molecule has 3 aromatic carbocycles. The fourth-order valence-electron chi connectivity index (χ4n) is 3.69. The van der Waals surface area contributed by atoms with Gasteiger partial charge in [0.1, 0.15) is 12.8 Å². The van der Waals surface area contributed by atoms with Gasteiger partial charge in [0.15, 0.2) is 0 Å². The van der Waals surface area contributed by atoms with Crippen molar-refractivity contribution in [2.45, 2.75) is 12.1 Å². The standard InChI is InChI=1S/C23H20N2O3/c26-15-24-22(16-8-2-1-3-9-16)25-23(27)28-14-21-19-12-6-4-10-17(19)18-11-5-7-13-20(18)21/h1-13,15,21-22H,14H2,(H,24,26)(H,25,27)/t22-/m1/s1. The Morgan fingerprint density at radius 3 is 2.07 bits per heavy atom. The van der Waals surface area contributed by atoms with Gasteiger partial charge in [-0.15, -0.1) is 0 Å². The van der Waals surface area contributed by atoms with Crippen molar-refractivity contribution in [2.24, 2.45) is 0 Å². The lowest BCUT2D eigenvalue weighted by Gasteiger charge is -2.19. The van der Waals surface area contributed by atoms with E-state index in [1.165, 1.54) is 11.1 Å². The molecule has 1 atom stereocenters. The van der Waals surface area contributed by atoms with Crippen LogP contribution in [-0.2, 0) is 9.53 Å². The predicted octanol–water partition coefficient (Wildman–Crippen LogP) is 3.97. The molecule has 0 unspecified atom stereocenters. The van der Waals surface area contributed by atoms with Crippen LogP contribution in [0, 0.1) is 0 Å². The van der Waals surface area contributed by atoms with Gasteiger partial charge >= 0.3 is 6.09 Å². The third-order valence-electron chi connectivity index (χ3n) is 4.97. The van der Waals surface area contributed by atoms with Crippen molar-refractivity contribution >= 4 is 12.5 Å². The van der Waals surface area contributed by atoms with Crippen LogP contribution in [-0.4, -0.2) is 19.1 Å². The van der Waals surface area contributed by atoms with Crippen LogP contribution in [0.25, 0.3) is 11.1 Å². The van der Waals surface area contributed by atoms with E-state index in [4.69, 9.17) is 4.74 Å². The summed E-state index contributed by atoms with van der Waals surface area (Å²) in [5, 5.41) is 5.30. The average Bonchev–Trinajstić information content (AvgIpc) is 3.06. The minimum Gasteiger partial charge on any atom is -0.449 e. The average molecular weight is 372 g/mol. The smallest absolute Gasteiger partial charge is 0.409 e. The van der Waals surface area contributed by atoms with Crippen molar-refractivity contribution in [3.05, 3.63) is 95.6 Å². The molecule has 0 saturated carbocycles. The molecule has 28 heavy (non-hydrogen) atoms. The summed E-state index contributed by atoms with van der Waals surface area (Å²) in [5.41, 5.74) is 5.43. The van der Waals surface area contributed by atoms with Crippen molar-refractivity contribution in [3.63, 3.8) is 0 Å². The van der Waals surface area contributed by atoms with Crippen LogP contribution in [0.1, 0.15) is 28.8 Å². The molecule has 4 rings (SSSR count). The van der Waals surface area contributed by atoms with Gasteiger partial charge in [-0.25, -0.2) is 4.79 Å². The maximum Gasteiger partial charge on any atom is 0.409 e. The number of carbonyl (C=O) groups excluding carboxylic acids is 2. The summed E-state index contributed by atoms with van der Waals surface area (Å²) < 4.78 is 5.53. The van der Waals surface area contributed by atoms with Gasteiger partial charge in [0.25, 0.3) is 0 Å². The molecule has 5 nitrogen and oxygen atoms in total. The Morgan fingerprint density at radius 2 is 1.46 bits per heavy atom. The van der Waals surface area contributed by atoms with Crippen molar-refractivity contribution < 1.29 is 14.3 Å². The zero-order valence-electron chi connectivity index (χ0n) is 15.2. The Morgan fingerprint density at radius 1 is 0.893 bits per heavy atom. The van der Waals surface area contributed by atoms with E-state index in [1.807, 2.05) is 54.6 Å². The number of carbonyl (C=O) groups is 2. The van der Waals surface area contributed by atoms with Gasteiger partial charge in [-0.1, -0.05) is 78.9 Å². The molecular weight excluding hydrogens is 352 g/mol. The molecule has 1 aliphatic carbocycles. The van der Waals surface area contributed by atoms with Gasteiger partial charge in [0.05, 0.1) is 0 Å². The lowest BCUT2D eigenvalue weighted by molar-refractivity contribution is -0.110. The maximum atomic E-state index is 12.4. The SMILES string of the molecule is O=CN[C@H](NC(=O)OCC1c2ccccc2-c2ccccc21)c1ccccc1. The second kappa shape index (κ2) is 7.96. The first-order valence-electron chi connectivity index (χ1n) is 9.14. The molecule has 2 N–H and O–H groups in total. The van der Waals surface area contributed by atoms with Crippen LogP contribution >= 0.6 is 0 Å². The normalized spacial score (nSPS) is 13.1. The number of hydrogen-bond acceptors (Lipinski definition) is 3. The summed E-state index contributed by atoms with van der Waals surface area (Å²) in [6.45, 7) is 0.225. The molecule has 0 heterocycles. The third-order valence-corrected chi connectivity index (χ3v) is 4.97. The predicted molar refractivity (Wildman–Crippen MR) is 107 cm³/mol. The summed E-state index contributed by atoms with van der Waals surface area (Å²) in [6.07, 6.45) is -0.666. The summed E-state index contributed by atoms with van der Waals surface area (Å²) in [4.78, 5) is 23.3. The topological polar surface area (TPSA) is 67.4 Å². The van der Waals surface area contributed by atoms with E-state index < -0.39 is 12.3 Å². The first-order valence-corrected chi connectivity index (χ1v) is 9.14. The van der Waals surface area contributed by atoms with E-state index in [0.29, 0.717) is 6.41 Å². The third kappa shape index (κ3) is 3.47. The van der Waals surface area contributed by atoms with Gasteiger partial charge in [-0.05, 0) is 27.8 Å². The number of hydrogen-bond donors (Lipinski definition) is 2. The molecule has 0 bridgehead atoms. The number of amides is 2. The molecule has 2 amide bonds. The summed E-state index contributed by atoms with van der Waals surface area (Å²) >= 11 is 0. The van der Waals surface area contributed by atoms with Crippen LogP contribution in [0.15, 0.2) is 78.9 Å². The largest absolute Gasteiger partial charge is 0.449 e. The molecule has 0 fully saturated rings. The van der Waals surface area contributed by atoms with Crippen LogP contribution < -0.4 is 10.6 Å². The first kappa shape index (κ1) is 17.8. The molecule has 140 valence electrons. The van der Waals surface area contributed by atoms with Crippen LogP contribution in [0.2, 0.25) is 0 Å². The summed E-state index contributed by atoms with van der Waals surface area (Å²) in [7, 11) is 0. The fraction of sp³-hybridized carbons (Fsp3) is 0.130. The van der Waals surface area contributed by atoms with Gasteiger partial charge < -0.3 is 10.1 Å². The van der Waals surface area contributed by atoms with E-state index >= 15 is 0 Å². The van der Waals surface area contributed by atoms with Crippen molar-refractivity contribution in [1.29, 1.82) is 0 Å². The van der Waals surface area contributed by atoms with Crippen molar-refractivity contribution in [3.8, 4) is 11.1 Å². The second-order valence-electron chi connectivity index (χ2n) is 6.60. The second-order valence-corrected chi connectivity index (χ2v) is 6.60. The highest BCUT2D eigenvalue weighted by Crippen LogP contribution is 2.44. The number of benzene rings is 3. The Balaban J connectivity index is 1.47. The first-order chi connectivity index (χ1) is 13.8. The molecular formula is C23H20N2O3. The van der Waals surface area contributed by atoms with Gasteiger partial charge in [-0.3, -0.25) is 10.1 Å². The highest BCUT2D eigenvalue weighted by atomic mass is 16.5. The Kier molecular flexibility index (Phi) is 5.06. The fourth-order valence-corrected chi connectivity index (χ4v) is 3.69. The maximum absolute atomic E-state index is 12.4. The number of ether oxygens (including phenoxy) is 1. The molecule has 0 aromatic heterocycles. The Hall–Kier alpha value is -3.60. The van der Waals surface area contributed by atoms with Crippen LogP contribution in [0.4, 0.5) is 4.79 Å². The van der Waals surface area contributed by atoms with Gasteiger partial charge in [0, 0.05) is 5.92 Å². The van der Waals surface area contributed by atoms with Crippen molar-refractivity contribution in [1.82, 2.24) is 10.6 Å². The molecule has 0 saturated heterocycles. The molecule has 0 radical (unpaired) electrons. The highest BCUT2D eigenvalue weighted by molar-refractivity contribution is 5.79. The monoisotopic (exact) mass is 372 g/mol. The molecule has 0 aliphatic heterocycles. The lowest BCUT2D eigenvalue weighted by Crippen LogP contribution is -2.38. The van der Waals surface area contributed by atoms with E-state index in [2.05, 4.69) is 34.9 Å². The minimum absolute atomic E-state index is 0.00708. The highest BCUT2D eigenvalue weighted by Gasteiger charge is 2.29. The molecule has 0 spiro atoms. The molecule has 1 aliphatic rings. The van der Waals surface area contributed by atoms with Gasteiger partial charge in [-0.2, -0.15) is 0 Å². The molecule has 5 heteroatoms. The van der Waals surface area contributed by atoms with E-state index in [0.717, 1.165) is 16.7 Å². The van der Waals surface area contributed by atoms with E-state index in [-0.39, 0.29) is 12.5 Å². The quantitative estimate of drug-likeness (QED) is 0.508. The Labute approximate surface area is 163 Å². The number of alkyl carbamates (subject to hydrolysis) is 1. The van der Waals surface area contributed by atoms with E-state index in [9.17, 15) is 9.59 Å².